The molecule has 3 N–H and O–H groups in total. The molecule has 1 aromatic rings. The van der Waals surface area contributed by atoms with Crippen LogP contribution in [0, 0.1) is 20.8 Å². The molecule has 1 heterocycles. The van der Waals surface area contributed by atoms with Crippen LogP contribution >= 0.6 is 0 Å². The molecule has 2 rings (SSSR count). The van der Waals surface area contributed by atoms with E-state index in [0.717, 1.165) is 18.7 Å². The number of ether oxygens (including phenoxy) is 1. The first-order valence-electron chi connectivity index (χ1n) is 7.20. The molecule has 1 aliphatic rings. The number of rotatable bonds is 3. The predicted molar refractivity (Wildman–Crippen MR) is 79.8 cm³/mol. The summed E-state index contributed by atoms with van der Waals surface area (Å²) >= 11 is 0. The van der Waals surface area contributed by atoms with Crippen molar-refractivity contribution in [3.63, 3.8) is 0 Å². The van der Waals surface area contributed by atoms with Gasteiger partial charge >= 0.3 is 0 Å². The molecule has 2 unspecified atom stereocenters. The Morgan fingerprint density at radius 3 is 2.58 bits per heavy atom. The Morgan fingerprint density at radius 2 is 2.00 bits per heavy atom. The van der Waals surface area contributed by atoms with Crippen molar-refractivity contribution >= 4 is 0 Å². The number of benzene rings is 1. The first-order valence-corrected chi connectivity index (χ1v) is 7.20. The second kappa shape index (κ2) is 5.93. The Labute approximate surface area is 116 Å². The zero-order chi connectivity index (χ0) is 14.0. The average Bonchev–Trinajstić information content (AvgIpc) is 2.42. The first kappa shape index (κ1) is 14.4. The summed E-state index contributed by atoms with van der Waals surface area (Å²) in [5, 5.41) is 3.55. The van der Waals surface area contributed by atoms with E-state index in [0.29, 0.717) is 6.04 Å². The molecule has 106 valence electrons. The number of aryl methyl sites for hydroxylation is 2. The van der Waals surface area contributed by atoms with Crippen molar-refractivity contribution in [2.24, 2.45) is 5.73 Å². The Morgan fingerprint density at radius 1 is 1.26 bits per heavy atom. The number of hydrogen-bond acceptors (Lipinski definition) is 3. The van der Waals surface area contributed by atoms with E-state index in [2.05, 4.69) is 32.2 Å². The van der Waals surface area contributed by atoms with Crippen LogP contribution in [0.4, 0.5) is 0 Å². The van der Waals surface area contributed by atoms with Gasteiger partial charge in [-0.1, -0.05) is 12.5 Å². The van der Waals surface area contributed by atoms with Crippen LogP contribution < -0.4 is 15.8 Å². The van der Waals surface area contributed by atoms with Crippen LogP contribution in [0.3, 0.4) is 0 Å². The molecule has 0 saturated carbocycles. The van der Waals surface area contributed by atoms with Crippen LogP contribution in [-0.4, -0.2) is 19.7 Å². The lowest BCUT2D eigenvalue weighted by molar-refractivity contribution is 0.340. The van der Waals surface area contributed by atoms with Gasteiger partial charge in [-0.2, -0.15) is 0 Å². The molecule has 1 saturated heterocycles. The number of piperidine rings is 1. The molecule has 1 aliphatic heterocycles. The topological polar surface area (TPSA) is 47.3 Å². The van der Waals surface area contributed by atoms with E-state index in [-0.39, 0.29) is 6.04 Å². The van der Waals surface area contributed by atoms with E-state index in [1.54, 1.807) is 7.11 Å². The van der Waals surface area contributed by atoms with Gasteiger partial charge in [-0.3, -0.25) is 0 Å². The van der Waals surface area contributed by atoms with E-state index >= 15 is 0 Å². The third-order valence-corrected chi connectivity index (χ3v) is 4.35. The largest absolute Gasteiger partial charge is 0.496 e. The highest BCUT2D eigenvalue weighted by Gasteiger charge is 2.26. The fourth-order valence-corrected chi connectivity index (χ4v) is 3.13. The number of hydrogen-bond donors (Lipinski definition) is 2. The third kappa shape index (κ3) is 2.77. The molecule has 0 aromatic heterocycles. The van der Waals surface area contributed by atoms with Gasteiger partial charge in [0.15, 0.2) is 0 Å². The average molecular weight is 262 g/mol. The van der Waals surface area contributed by atoms with E-state index in [1.807, 2.05) is 0 Å². The molecular formula is C16H26N2O. The zero-order valence-electron chi connectivity index (χ0n) is 12.5. The summed E-state index contributed by atoms with van der Waals surface area (Å²) in [6, 6.07) is 2.59. The van der Waals surface area contributed by atoms with Crippen LogP contribution in [0.25, 0.3) is 0 Å². The van der Waals surface area contributed by atoms with Gasteiger partial charge in [-0.05, 0) is 56.8 Å². The van der Waals surface area contributed by atoms with Gasteiger partial charge < -0.3 is 15.8 Å². The standard InChI is InChI=1S/C16H26N2O/c1-10-9-11(2)14(16(19-4)12(10)3)15(17)13-7-5-6-8-18-13/h9,13,15,18H,5-8,17H2,1-4H3. The molecule has 3 nitrogen and oxygen atoms in total. The van der Waals surface area contributed by atoms with Crippen molar-refractivity contribution in [2.45, 2.75) is 52.1 Å². The first-order chi connectivity index (χ1) is 9.06. The summed E-state index contributed by atoms with van der Waals surface area (Å²) in [6.07, 6.45) is 3.67. The zero-order valence-corrected chi connectivity index (χ0v) is 12.5. The lowest BCUT2D eigenvalue weighted by Crippen LogP contribution is -2.42. The Balaban J connectivity index is 2.39. The smallest absolute Gasteiger partial charge is 0.127 e. The second-order valence-corrected chi connectivity index (χ2v) is 5.66. The summed E-state index contributed by atoms with van der Waals surface area (Å²) in [4.78, 5) is 0. The normalized spacial score (nSPS) is 21.2. The minimum Gasteiger partial charge on any atom is -0.496 e. The number of nitrogens with one attached hydrogen (secondary N) is 1. The molecule has 0 spiro atoms. The van der Waals surface area contributed by atoms with Crippen LogP contribution in [-0.2, 0) is 0 Å². The van der Waals surface area contributed by atoms with Gasteiger partial charge in [0.2, 0.25) is 0 Å². The Bertz CT molecular complexity index is 451. The van der Waals surface area contributed by atoms with Gasteiger partial charge in [0.25, 0.3) is 0 Å². The van der Waals surface area contributed by atoms with Crippen molar-refractivity contribution in [2.75, 3.05) is 13.7 Å². The van der Waals surface area contributed by atoms with Gasteiger partial charge in [-0.25, -0.2) is 0 Å². The maximum absolute atomic E-state index is 6.52. The van der Waals surface area contributed by atoms with Crippen molar-refractivity contribution < 1.29 is 4.74 Å². The Kier molecular flexibility index (Phi) is 4.48. The summed E-state index contributed by atoms with van der Waals surface area (Å²) in [5.41, 5.74) is 11.4. The summed E-state index contributed by atoms with van der Waals surface area (Å²) in [7, 11) is 1.74. The molecule has 2 atom stereocenters. The second-order valence-electron chi connectivity index (χ2n) is 5.66. The van der Waals surface area contributed by atoms with E-state index in [4.69, 9.17) is 10.5 Å². The molecule has 3 heteroatoms. The highest BCUT2D eigenvalue weighted by atomic mass is 16.5. The van der Waals surface area contributed by atoms with Crippen LogP contribution in [0.15, 0.2) is 6.07 Å². The van der Waals surface area contributed by atoms with Crippen molar-refractivity contribution in [3.8, 4) is 5.75 Å². The molecule has 0 bridgehead atoms. The van der Waals surface area contributed by atoms with Gasteiger partial charge in [0, 0.05) is 17.6 Å². The van der Waals surface area contributed by atoms with E-state index in [1.165, 1.54) is 35.1 Å². The van der Waals surface area contributed by atoms with Crippen molar-refractivity contribution in [1.82, 2.24) is 5.32 Å². The summed E-state index contributed by atoms with van der Waals surface area (Å²) in [5.74, 6) is 0.970. The SMILES string of the molecule is COc1c(C)c(C)cc(C)c1C(N)C1CCCCN1. The van der Waals surface area contributed by atoms with Gasteiger partial charge in [0.05, 0.1) is 7.11 Å². The molecule has 19 heavy (non-hydrogen) atoms. The summed E-state index contributed by atoms with van der Waals surface area (Å²) < 4.78 is 5.64. The number of nitrogens with two attached hydrogens (primary N) is 1. The minimum atomic E-state index is 0.00884. The van der Waals surface area contributed by atoms with Gasteiger partial charge in [-0.15, -0.1) is 0 Å². The molecule has 1 fully saturated rings. The van der Waals surface area contributed by atoms with Gasteiger partial charge in [0.1, 0.15) is 5.75 Å². The third-order valence-electron chi connectivity index (χ3n) is 4.35. The fraction of sp³-hybridized carbons (Fsp3) is 0.625. The molecule has 1 aromatic carbocycles. The number of methoxy groups -OCH3 is 1. The van der Waals surface area contributed by atoms with Crippen molar-refractivity contribution in [1.29, 1.82) is 0 Å². The lowest BCUT2D eigenvalue weighted by atomic mass is 9.88. The monoisotopic (exact) mass is 262 g/mol. The molecule has 0 aliphatic carbocycles. The molecule has 0 amide bonds. The molecular weight excluding hydrogens is 236 g/mol. The van der Waals surface area contributed by atoms with Crippen molar-refractivity contribution in [3.05, 3.63) is 28.3 Å². The van der Waals surface area contributed by atoms with Crippen LogP contribution in [0.5, 0.6) is 5.75 Å². The van der Waals surface area contributed by atoms with Crippen LogP contribution in [0.1, 0.15) is 47.6 Å². The molecule has 0 radical (unpaired) electrons. The highest BCUT2D eigenvalue weighted by Crippen LogP contribution is 2.35. The Hall–Kier alpha value is -1.06. The predicted octanol–water partition coefficient (Wildman–Crippen LogP) is 2.76. The maximum Gasteiger partial charge on any atom is 0.127 e. The minimum absolute atomic E-state index is 0.00884. The quantitative estimate of drug-likeness (QED) is 0.880. The maximum atomic E-state index is 6.52. The summed E-state index contributed by atoms with van der Waals surface area (Å²) in [6.45, 7) is 7.44. The van der Waals surface area contributed by atoms with E-state index in [9.17, 15) is 0 Å². The van der Waals surface area contributed by atoms with Crippen LogP contribution in [0.2, 0.25) is 0 Å². The lowest BCUT2D eigenvalue weighted by Gasteiger charge is -2.31. The van der Waals surface area contributed by atoms with E-state index < -0.39 is 0 Å². The highest BCUT2D eigenvalue weighted by molar-refractivity contribution is 5.51. The fourth-order valence-electron chi connectivity index (χ4n) is 3.13.